The van der Waals surface area contributed by atoms with Crippen molar-refractivity contribution in [2.75, 3.05) is 18.9 Å². The number of nitrogen functional groups attached to an aromatic ring is 1. The van der Waals surface area contributed by atoms with Crippen LogP contribution in [0.1, 0.15) is 18.4 Å². The number of rotatable bonds is 2. The molecule has 0 bridgehead atoms. The minimum absolute atomic E-state index is 0.169. The van der Waals surface area contributed by atoms with Gasteiger partial charge in [0.05, 0.1) is 6.54 Å². The zero-order chi connectivity index (χ0) is 15.0. The maximum absolute atomic E-state index is 12.6. The molecule has 2 heterocycles. The lowest BCUT2D eigenvalue weighted by Crippen LogP contribution is -2.51. The third-order valence-corrected chi connectivity index (χ3v) is 4.72. The topological polar surface area (TPSA) is 84.7 Å². The molecule has 21 heavy (non-hydrogen) atoms. The number of nitrogens with zero attached hydrogens (tertiary/aromatic N) is 1. The van der Waals surface area contributed by atoms with Gasteiger partial charge in [0.1, 0.15) is 5.54 Å². The molecule has 0 unspecified atom stereocenters. The van der Waals surface area contributed by atoms with E-state index in [4.69, 9.17) is 10.5 Å². The summed E-state index contributed by atoms with van der Waals surface area (Å²) in [4.78, 5) is 26.0. The minimum atomic E-state index is -0.782. The molecule has 3 amide bonds. The van der Waals surface area contributed by atoms with Crippen molar-refractivity contribution in [3.8, 4) is 0 Å². The van der Waals surface area contributed by atoms with Crippen LogP contribution in [0.3, 0.4) is 0 Å². The van der Waals surface area contributed by atoms with Crippen LogP contribution in [-0.4, -0.2) is 35.6 Å². The fraction of sp³-hybridized carbons (Fsp3) is 0.429. The molecule has 0 aliphatic carbocycles. The molecule has 2 fully saturated rings. The fourth-order valence-corrected chi connectivity index (χ4v) is 3.00. The van der Waals surface area contributed by atoms with Gasteiger partial charge in [-0.3, -0.25) is 9.69 Å². The number of carbonyl (C=O) groups is 2. The molecule has 0 aromatic heterocycles. The summed E-state index contributed by atoms with van der Waals surface area (Å²) in [6, 6.07) is 5.08. The zero-order valence-corrected chi connectivity index (χ0v) is 13.0. The van der Waals surface area contributed by atoms with E-state index in [1.807, 2.05) is 12.1 Å². The number of carbonyl (C=O) groups excluding carboxylic acids is 2. The molecule has 7 heteroatoms. The van der Waals surface area contributed by atoms with E-state index in [1.54, 1.807) is 6.07 Å². The Labute approximate surface area is 130 Å². The van der Waals surface area contributed by atoms with Gasteiger partial charge in [-0.2, -0.15) is 0 Å². The summed E-state index contributed by atoms with van der Waals surface area (Å²) >= 11 is 3.32. The molecule has 1 aromatic rings. The van der Waals surface area contributed by atoms with Gasteiger partial charge in [-0.25, -0.2) is 4.79 Å². The van der Waals surface area contributed by atoms with E-state index in [1.165, 1.54) is 4.90 Å². The second-order valence-corrected chi connectivity index (χ2v) is 6.23. The van der Waals surface area contributed by atoms with Crippen molar-refractivity contribution in [2.24, 2.45) is 0 Å². The summed E-state index contributed by atoms with van der Waals surface area (Å²) in [6.45, 7) is 1.21. The third kappa shape index (κ3) is 2.51. The number of hydrogen-bond donors (Lipinski definition) is 2. The van der Waals surface area contributed by atoms with Gasteiger partial charge in [-0.1, -0.05) is 6.07 Å². The normalized spacial score (nSPS) is 20.9. The summed E-state index contributed by atoms with van der Waals surface area (Å²) < 4.78 is 6.07. The molecule has 0 saturated carbocycles. The number of urea groups is 1. The minimum Gasteiger partial charge on any atom is -0.398 e. The molecule has 2 saturated heterocycles. The first-order chi connectivity index (χ1) is 10.0. The van der Waals surface area contributed by atoms with E-state index in [-0.39, 0.29) is 18.5 Å². The summed E-state index contributed by atoms with van der Waals surface area (Å²) in [7, 11) is 0. The van der Waals surface area contributed by atoms with Gasteiger partial charge in [-0.05, 0) is 33.6 Å². The Hall–Kier alpha value is -1.60. The van der Waals surface area contributed by atoms with E-state index in [0.717, 1.165) is 10.0 Å². The zero-order valence-electron chi connectivity index (χ0n) is 11.4. The smallest absolute Gasteiger partial charge is 0.325 e. The van der Waals surface area contributed by atoms with Crippen molar-refractivity contribution in [3.05, 3.63) is 28.2 Å². The van der Waals surface area contributed by atoms with E-state index in [9.17, 15) is 9.59 Å². The molecule has 2 aliphatic heterocycles. The Bertz CT molecular complexity index is 599. The van der Waals surface area contributed by atoms with E-state index in [2.05, 4.69) is 21.2 Å². The van der Waals surface area contributed by atoms with Gasteiger partial charge in [0.15, 0.2) is 0 Å². The number of hydrogen-bond acceptors (Lipinski definition) is 4. The van der Waals surface area contributed by atoms with Crippen LogP contribution in [0.4, 0.5) is 10.5 Å². The Morgan fingerprint density at radius 2 is 2.05 bits per heavy atom. The number of imide groups is 1. The van der Waals surface area contributed by atoms with Gasteiger partial charge < -0.3 is 15.8 Å². The van der Waals surface area contributed by atoms with Gasteiger partial charge >= 0.3 is 6.03 Å². The predicted octanol–water partition coefficient (Wildman–Crippen LogP) is 1.63. The number of benzene rings is 1. The standard InChI is InChI=1S/C14H16BrN3O3/c15-10-2-1-9(7-11(10)16)8-18-12(19)14(17-13(18)20)3-5-21-6-4-14/h1-2,7H,3-6,8,16H2,(H,17,20). The molecule has 1 aromatic carbocycles. The van der Waals surface area contributed by atoms with Crippen LogP contribution in [0.15, 0.2) is 22.7 Å². The molecule has 0 radical (unpaired) electrons. The number of nitrogens with two attached hydrogens (primary N) is 1. The van der Waals surface area contributed by atoms with Crippen molar-refractivity contribution < 1.29 is 14.3 Å². The molecule has 3 N–H and O–H groups in total. The predicted molar refractivity (Wildman–Crippen MR) is 80.4 cm³/mol. The van der Waals surface area contributed by atoms with Crippen LogP contribution in [0.25, 0.3) is 0 Å². The van der Waals surface area contributed by atoms with E-state index >= 15 is 0 Å². The Morgan fingerprint density at radius 3 is 2.71 bits per heavy atom. The van der Waals surface area contributed by atoms with Crippen LogP contribution in [0, 0.1) is 0 Å². The van der Waals surface area contributed by atoms with Crippen molar-refractivity contribution >= 4 is 33.6 Å². The first-order valence-corrected chi connectivity index (χ1v) is 7.57. The highest BCUT2D eigenvalue weighted by Crippen LogP contribution is 2.30. The van der Waals surface area contributed by atoms with Crippen molar-refractivity contribution in [2.45, 2.75) is 24.9 Å². The molecular formula is C14H16BrN3O3. The second-order valence-electron chi connectivity index (χ2n) is 5.37. The van der Waals surface area contributed by atoms with Crippen molar-refractivity contribution in [3.63, 3.8) is 0 Å². The maximum atomic E-state index is 12.6. The summed E-state index contributed by atoms with van der Waals surface area (Å²) in [5, 5.41) is 2.83. The SMILES string of the molecule is Nc1cc(CN2C(=O)NC3(CCOCC3)C2=O)ccc1Br. The highest BCUT2D eigenvalue weighted by molar-refractivity contribution is 9.10. The van der Waals surface area contributed by atoms with Crippen LogP contribution >= 0.6 is 15.9 Å². The van der Waals surface area contributed by atoms with Crippen LogP contribution in [0.2, 0.25) is 0 Å². The van der Waals surface area contributed by atoms with Crippen LogP contribution in [-0.2, 0) is 16.1 Å². The number of halogens is 1. The molecule has 6 nitrogen and oxygen atoms in total. The molecule has 3 rings (SSSR count). The summed E-state index contributed by atoms with van der Waals surface area (Å²) in [5.41, 5.74) is 6.46. The number of ether oxygens (including phenoxy) is 1. The largest absolute Gasteiger partial charge is 0.398 e. The molecule has 1 spiro atoms. The molecule has 112 valence electrons. The highest BCUT2D eigenvalue weighted by atomic mass is 79.9. The Morgan fingerprint density at radius 1 is 1.33 bits per heavy atom. The number of amides is 3. The van der Waals surface area contributed by atoms with Crippen molar-refractivity contribution in [1.82, 2.24) is 10.2 Å². The first kappa shape index (κ1) is 14.3. The van der Waals surface area contributed by atoms with Gasteiger partial charge in [0.2, 0.25) is 0 Å². The van der Waals surface area contributed by atoms with Gasteiger partial charge in [0, 0.05) is 36.2 Å². The molecule has 2 aliphatic rings. The second kappa shape index (κ2) is 5.31. The summed E-state index contributed by atoms with van der Waals surface area (Å²) in [5.74, 6) is -0.169. The van der Waals surface area contributed by atoms with Gasteiger partial charge in [0.25, 0.3) is 5.91 Å². The lowest BCUT2D eigenvalue weighted by Gasteiger charge is -2.30. The number of nitrogens with one attached hydrogen (secondary N) is 1. The average Bonchev–Trinajstić information content (AvgIpc) is 2.68. The highest BCUT2D eigenvalue weighted by Gasteiger charge is 2.51. The molecule has 0 atom stereocenters. The third-order valence-electron chi connectivity index (χ3n) is 3.99. The fourth-order valence-electron chi connectivity index (χ4n) is 2.75. The van der Waals surface area contributed by atoms with Crippen LogP contribution < -0.4 is 11.1 Å². The quantitative estimate of drug-likeness (QED) is 0.625. The molecular weight excluding hydrogens is 338 g/mol. The van der Waals surface area contributed by atoms with Gasteiger partial charge in [-0.15, -0.1) is 0 Å². The first-order valence-electron chi connectivity index (χ1n) is 6.78. The number of anilines is 1. The Balaban J connectivity index is 1.80. The maximum Gasteiger partial charge on any atom is 0.325 e. The van der Waals surface area contributed by atoms with Crippen LogP contribution in [0.5, 0.6) is 0 Å². The van der Waals surface area contributed by atoms with Crippen molar-refractivity contribution in [1.29, 1.82) is 0 Å². The lowest BCUT2D eigenvalue weighted by atomic mass is 9.90. The lowest BCUT2D eigenvalue weighted by molar-refractivity contribution is -0.134. The average molecular weight is 354 g/mol. The van der Waals surface area contributed by atoms with E-state index in [0.29, 0.717) is 31.7 Å². The van der Waals surface area contributed by atoms with E-state index < -0.39 is 5.54 Å². The Kier molecular flexibility index (Phi) is 3.62. The summed E-state index contributed by atoms with van der Waals surface area (Å²) in [6.07, 6.45) is 1.05. The monoisotopic (exact) mass is 353 g/mol.